The molecule has 2 aromatic carbocycles. The molecule has 0 aliphatic carbocycles. The molecule has 0 bridgehead atoms. The predicted molar refractivity (Wildman–Crippen MR) is 105 cm³/mol. The molecule has 0 spiro atoms. The molecule has 2 N–H and O–H groups in total. The van der Waals surface area contributed by atoms with Crippen molar-refractivity contribution in [3.8, 4) is 0 Å². The van der Waals surface area contributed by atoms with Crippen LogP contribution in [0.25, 0.3) is 0 Å². The Kier molecular flexibility index (Phi) is 6.15. The average molecular weight is 402 g/mol. The highest BCUT2D eigenvalue weighted by Gasteiger charge is 2.12. The van der Waals surface area contributed by atoms with Gasteiger partial charge in [0.2, 0.25) is 11.0 Å². The summed E-state index contributed by atoms with van der Waals surface area (Å²) in [5.74, 6) is -0.795. The lowest BCUT2D eigenvalue weighted by molar-refractivity contribution is -0.113. The van der Waals surface area contributed by atoms with Crippen molar-refractivity contribution in [2.75, 3.05) is 16.4 Å². The van der Waals surface area contributed by atoms with E-state index in [1.54, 1.807) is 0 Å². The number of carbonyl (C=O) groups is 2. The second-order valence-electron chi connectivity index (χ2n) is 5.54. The van der Waals surface area contributed by atoms with Crippen LogP contribution in [0.1, 0.15) is 15.9 Å². The second-order valence-corrected chi connectivity index (χ2v) is 7.74. The summed E-state index contributed by atoms with van der Waals surface area (Å²) in [6.45, 7) is 1.95. The van der Waals surface area contributed by atoms with E-state index in [0.29, 0.717) is 15.0 Å². The summed E-state index contributed by atoms with van der Waals surface area (Å²) in [4.78, 5) is 24.1. The molecule has 3 rings (SSSR count). The fraction of sp³-hybridized carbons (Fsp3) is 0.111. The predicted octanol–water partition coefficient (Wildman–Crippen LogP) is 3.97. The highest BCUT2D eigenvalue weighted by molar-refractivity contribution is 8.01. The smallest absolute Gasteiger partial charge is 0.257 e. The second kappa shape index (κ2) is 8.74. The van der Waals surface area contributed by atoms with Crippen LogP contribution in [0.4, 0.5) is 15.2 Å². The van der Waals surface area contributed by atoms with Gasteiger partial charge in [-0.15, -0.1) is 10.2 Å². The summed E-state index contributed by atoms with van der Waals surface area (Å²) >= 11 is 2.39. The number of anilines is 2. The van der Waals surface area contributed by atoms with Crippen LogP contribution in [0, 0.1) is 12.7 Å². The zero-order chi connectivity index (χ0) is 19.2. The number of carbonyl (C=O) groups excluding carboxylic acids is 2. The molecule has 0 aliphatic rings. The Bertz CT molecular complexity index is 960. The van der Waals surface area contributed by atoms with Crippen LogP contribution in [0.5, 0.6) is 0 Å². The fourth-order valence-corrected chi connectivity index (χ4v) is 3.68. The quantitative estimate of drug-likeness (QED) is 0.481. The number of hydrogen-bond donors (Lipinski definition) is 2. The molecular weight excluding hydrogens is 387 g/mol. The Morgan fingerprint density at radius 1 is 1.11 bits per heavy atom. The Morgan fingerprint density at radius 3 is 2.63 bits per heavy atom. The molecule has 1 heterocycles. The molecule has 0 atom stereocenters. The largest absolute Gasteiger partial charge is 0.325 e. The highest BCUT2D eigenvalue weighted by atomic mass is 32.2. The van der Waals surface area contributed by atoms with Gasteiger partial charge in [-0.05, 0) is 48.9 Å². The molecule has 27 heavy (non-hydrogen) atoms. The number of benzene rings is 2. The van der Waals surface area contributed by atoms with Gasteiger partial charge in [0, 0.05) is 11.3 Å². The van der Waals surface area contributed by atoms with E-state index in [2.05, 4.69) is 20.8 Å². The summed E-state index contributed by atoms with van der Waals surface area (Å²) in [6.07, 6.45) is 0. The summed E-state index contributed by atoms with van der Waals surface area (Å²) in [6, 6.07) is 12.7. The van der Waals surface area contributed by atoms with Gasteiger partial charge < -0.3 is 5.32 Å². The van der Waals surface area contributed by atoms with Gasteiger partial charge in [0.15, 0.2) is 4.34 Å². The van der Waals surface area contributed by atoms with E-state index in [0.717, 1.165) is 22.6 Å². The van der Waals surface area contributed by atoms with Gasteiger partial charge in [0.1, 0.15) is 5.82 Å². The number of thioether (sulfide) groups is 1. The number of hydrogen-bond acceptors (Lipinski definition) is 6. The van der Waals surface area contributed by atoms with E-state index < -0.39 is 11.7 Å². The van der Waals surface area contributed by atoms with Gasteiger partial charge >= 0.3 is 0 Å². The third-order valence-electron chi connectivity index (χ3n) is 3.36. The molecule has 3 aromatic rings. The summed E-state index contributed by atoms with van der Waals surface area (Å²) in [5.41, 5.74) is 2.12. The maximum atomic E-state index is 12.9. The topological polar surface area (TPSA) is 84.0 Å². The third-order valence-corrected chi connectivity index (χ3v) is 5.33. The third kappa shape index (κ3) is 5.60. The Balaban J connectivity index is 1.51. The molecule has 138 valence electrons. The summed E-state index contributed by atoms with van der Waals surface area (Å²) in [7, 11) is 0. The Morgan fingerprint density at radius 2 is 1.89 bits per heavy atom. The maximum Gasteiger partial charge on any atom is 0.257 e. The monoisotopic (exact) mass is 402 g/mol. The van der Waals surface area contributed by atoms with Gasteiger partial charge in [-0.25, -0.2) is 4.39 Å². The van der Waals surface area contributed by atoms with Gasteiger partial charge in [-0.2, -0.15) is 0 Å². The fourth-order valence-electron chi connectivity index (χ4n) is 2.14. The van der Waals surface area contributed by atoms with Crippen molar-refractivity contribution in [1.82, 2.24) is 10.2 Å². The number of halogens is 1. The van der Waals surface area contributed by atoms with Crippen molar-refractivity contribution >= 4 is 45.7 Å². The highest BCUT2D eigenvalue weighted by Crippen LogP contribution is 2.26. The van der Waals surface area contributed by atoms with Crippen LogP contribution in [0.2, 0.25) is 0 Å². The minimum Gasteiger partial charge on any atom is -0.325 e. The van der Waals surface area contributed by atoms with Crippen molar-refractivity contribution in [1.29, 1.82) is 0 Å². The zero-order valence-electron chi connectivity index (χ0n) is 14.2. The average Bonchev–Trinajstić information content (AvgIpc) is 3.08. The first-order valence-corrected chi connectivity index (χ1v) is 9.69. The molecule has 0 unspecified atom stereocenters. The normalized spacial score (nSPS) is 10.4. The first-order chi connectivity index (χ1) is 13.0. The van der Waals surface area contributed by atoms with Gasteiger partial charge in [-0.3, -0.25) is 14.9 Å². The molecule has 0 saturated heterocycles. The van der Waals surface area contributed by atoms with E-state index in [4.69, 9.17) is 0 Å². The van der Waals surface area contributed by atoms with Crippen molar-refractivity contribution in [2.45, 2.75) is 11.3 Å². The number of aryl methyl sites for hydroxylation is 1. The molecule has 0 radical (unpaired) electrons. The van der Waals surface area contributed by atoms with Crippen LogP contribution in [0.3, 0.4) is 0 Å². The SMILES string of the molecule is Cc1cccc(NC(=O)CSc2nnc(NC(=O)c3ccc(F)cc3)s2)c1. The van der Waals surface area contributed by atoms with Crippen molar-refractivity contribution in [3.63, 3.8) is 0 Å². The zero-order valence-corrected chi connectivity index (χ0v) is 15.9. The molecule has 0 saturated carbocycles. The standard InChI is InChI=1S/C18H15FN4O2S2/c1-11-3-2-4-14(9-11)20-15(24)10-26-18-23-22-17(27-18)21-16(25)12-5-7-13(19)8-6-12/h2-9H,10H2,1H3,(H,20,24)(H,21,22,25). The maximum absolute atomic E-state index is 12.9. The van der Waals surface area contributed by atoms with Crippen molar-refractivity contribution < 1.29 is 14.0 Å². The lowest BCUT2D eigenvalue weighted by atomic mass is 10.2. The molecule has 9 heteroatoms. The van der Waals surface area contributed by atoms with Gasteiger partial charge in [-0.1, -0.05) is 35.2 Å². The molecule has 6 nitrogen and oxygen atoms in total. The van der Waals surface area contributed by atoms with Crippen LogP contribution < -0.4 is 10.6 Å². The minimum absolute atomic E-state index is 0.155. The van der Waals surface area contributed by atoms with Crippen LogP contribution in [-0.4, -0.2) is 27.8 Å². The van der Waals surface area contributed by atoms with E-state index in [1.807, 2.05) is 31.2 Å². The van der Waals surface area contributed by atoms with Crippen molar-refractivity contribution in [2.24, 2.45) is 0 Å². The van der Waals surface area contributed by atoms with Crippen LogP contribution >= 0.6 is 23.1 Å². The van der Waals surface area contributed by atoms with Crippen molar-refractivity contribution in [3.05, 3.63) is 65.5 Å². The molecule has 0 fully saturated rings. The molecular formula is C18H15FN4O2S2. The summed E-state index contributed by atoms with van der Waals surface area (Å²) < 4.78 is 13.5. The number of rotatable bonds is 6. The number of nitrogens with one attached hydrogen (secondary N) is 2. The van der Waals surface area contributed by atoms with Crippen LogP contribution in [-0.2, 0) is 4.79 Å². The van der Waals surface area contributed by atoms with E-state index in [9.17, 15) is 14.0 Å². The van der Waals surface area contributed by atoms with Gasteiger partial charge in [0.05, 0.1) is 5.75 Å². The first-order valence-electron chi connectivity index (χ1n) is 7.89. The lowest BCUT2D eigenvalue weighted by Crippen LogP contribution is -2.13. The van der Waals surface area contributed by atoms with E-state index in [1.165, 1.54) is 36.0 Å². The first kappa shape index (κ1) is 19.0. The van der Waals surface area contributed by atoms with Crippen LogP contribution in [0.15, 0.2) is 52.9 Å². The number of aromatic nitrogens is 2. The van der Waals surface area contributed by atoms with E-state index >= 15 is 0 Å². The Hall–Kier alpha value is -2.78. The Labute approximate surface area is 163 Å². The van der Waals surface area contributed by atoms with E-state index in [-0.39, 0.29) is 11.7 Å². The lowest BCUT2D eigenvalue weighted by Gasteiger charge is -2.04. The minimum atomic E-state index is -0.412. The number of nitrogens with zero attached hydrogens (tertiary/aromatic N) is 2. The summed E-state index contributed by atoms with van der Waals surface area (Å²) in [5, 5.41) is 13.6. The van der Waals surface area contributed by atoms with Gasteiger partial charge in [0.25, 0.3) is 5.91 Å². The number of amides is 2. The molecule has 0 aliphatic heterocycles. The molecule has 1 aromatic heterocycles. The molecule has 2 amide bonds.